The van der Waals surface area contributed by atoms with Gasteiger partial charge in [-0.05, 0) is 85.6 Å². The molecule has 2 aromatic carbocycles. The molecule has 0 amide bonds. The largest absolute Gasteiger partial charge is 0.423 e. The Labute approximate surface area is 169 Å². The van der Waals surface area contributed by atoms with Gasteiger partial charge in [0.15, 0.2) is 11.6 Å². The van der Waals surface area contributed by atoms with E-state index in [0.717, 1.165) is 49.3 Å². The highest BCUT2D eigenvalue weighted by Crippen LogP contribution is 2.47. The zero-order chi connectivity index (χ0) is 20.5. The Hall–Kier alpha value is -2.30. The standard InChI is InChI=1S/C24H25F3O2/c1-14-2-3-16-11-17(5-4-15(16)10-14)20-8-6-18(12-22(20)26)24(28)29-19-7-9-21(25)23(27)13-19/h6-9,12-17H,2-5,10-11H2,1H3/t14-,15-,16+,17?/m0/s1. The second-order valence-corrected chi connectivity index (χ2v) is 8.65. The fourth-order valence-corrected chi connectivity index (χ4v) is 5.10. The van der Waals surface area contributed by atoms with Gasteiger partial charge in [0.2, 0.25) is 0 Å². The van der Waals surface area contributed by atoms with Gasteiger partial charge in [-0.2, -0.15) is 0 Å². The Balaban J connectivity index is 1.45. The third-order valence-corrected chi connectivity index (χ3v) is 6.65. The predicted octanol–water partition coefficient (Wildman–Crippen LogP) is 6.64. The molecule has 4 atom stereocenters. The third kappa shape index (κ3) is 4.34. The van der Waals surface area contributed by atoms with Crippen molar-refractivity contribution in [1.82, 2.24) is 0 Å². The maximum atomic E-state index is 14.8. The Bertz CT molecular complexity index is 911. The SMILES string of the molecule is C[C@H]1CC[C@@H]2CC(c3ccc(C(=O)Oc4ccc(F)c(F)c4)cc3F)CC[C@H]2C1. The van der Waals surface area contributed by atoms with E-state index in [1.165, 1.54) is 25.3 Å². The van der Waals surface area contributed by atoms with Gasteiger partial charge in [0.1, 0.15) is 11.6 Å². The fraction of sp³-hybridized carbons (Fsp3) is 0.458. The van der Waals surface area contributed by atoms with E-state index in [1.54, 1.807) is 12.1 Å². The van der Waals surface area contributed by atoms with Gasteiger partial charge in [-0.1, -0.05) is 19.4 Å². The summed E-state index contributed by atoms with van der Waals surface area (Å²) in [6.07, 6.45) is 6.89. The molecule has 2 aliphatic rings. The summed E-state index contributed by atoms with van der Waals surface area (Å²) < 4.78 is 46.1. The van der Waals surface area contributed by atoms with Gasteiger partial charge >= 0.3 is 5.97 Å². The molecule has 0 saturated heterocycles. The van der Waals surface area contributed by atoms with Crippen molar-refractivity contribution in [2.45, 2.75) is 51.4 Å². The third-order valence-electron chi connectivity index (χ3n) is 6.65. The van der Waals surface area contributed by atoms with Gasteiger partial charge in [-0.25, -0.2) is 18.0 Å². The van der Waals surface area contributed by atoms with Crippen molar-refractivity contribution in [1.29, 1.82) is 0 Å². The zero-order valence-electron chi connectivity index (χ0n) is 16.5. The summed E-state index contributed by atoms with van der Waals surface area (Å²) in [5, 5.41) is 0. The number of carbonyl (C=O) groups excluding carboxylic acids is 1. The van der Waals surface area contributed by atoms with Crippen molar-refractivity contribution in [3.05, 3.63) is 65.0 Å². The Kier molecular flexibility index (Phi) is 5.66. The quantitative estimate of drug-likeness (QED) is 0.425. The highest BCUT2D eigenvalue weighted by Gasteiger charge is 2.35. The number of carbonyl (C=O) groups is 1. The predicted molar refractivity (Wildman–Crippen MR) is 104 cm³/mol. The summed E-state index contributed by atoms with van der Waals surface area (Å²) in [6, 6.07) is 7.24. The van der Waals surface area contributed by atoms with Crippen LogP contribution in [0.5, 0.6) is 5.75 Å². The minimum absolute atomic E-state index is 0.0520. The van der Waals surface area contributed by atoms with E-state index in [-0.39, 0.29) is 17.2 Å². The van der Waals surface area contributed by atoms with Crippen LogP contribution in [-0.4, -0.2) is 5.97 Å². The molecule has 0 bridgehead atoms. The Morgan fingerprint density at radius 2 is 1.62 bits per heavy atom. The van der Waals surface area contributed by atoms with Crippen LogP contribution in [0.1, 0.15) is 67.3 Å². The molecule has 0 aliphatic heterocycles. The average molecular weight is 402 g/mol. The van der Waals surface area contributed by atoms with Crippen LogP contribution in [0.3, 0.4) is 0 Å². The first-order chi connectivity index (χ1) is 13.9. The lowest BCUT2D eigenvalue weighted by Gasteiger charge is -2.41. The number of fused-ring (bicyclic) bond motifs is 1. The lowest BCUT2D eigenvalue weighted by molar-refractivity contribution is 0.0733. The molecule has 4 rings (SSSR count). The number of esters is 1. The summed E-state index contributed by atoms with van der Waals surface area (Å²) in [7, 11) is 0. The lowest BCUT2D eigenvalue weighted by atomic mass is 9.64. The van der Waals surface area contributed by atoms with E-state index in [2.05, 4.69) is 6.92 Å². The molecule has 154 valence electrons. The molecule has 1 unspecified atom stereocenters. The van der Waals surface area contributed by atoms with Gasteiger partial charge < -0.3 is 4.74 Å². The van der Waals surface area contributed by atoms with Crippen LogP contribution in [0.15, 0.2) is 36.4 Å². The number of hydrogen-bond acceptors (Lipinski definition) is 2. The number of ether oxygens (including phenoxy) is 1. The molecule has 2 nitrogen and oxygen atoms in total. The summed E-state index contributed by atoms with van der Waals surface area (Å²) >= 11 is 0. The van der Waals surface area contributed by atoms with E-state index in [9.17, 15) is 18.0 Å². The average Bonchev–Trinajstić information content (AvgIpc) is 2.70. The van der Waals surface area contributed by atoms with Crippen molar-refractivity contribution in [2.24, 2.45) is 17.8 Å². The number of hydrogen-bond donors (Lipinski definition) is 0. The number of halogens is 3. The van der Waals surface area contributed by atoms with Crippen LogP contribution >= 0.6 is 0 Å². The second-order valence-electron chi connectivity index (χ2n) is 8.65. The van der Waals surface area contributed by atoms with Gasteiger partial charge in [0.05, 0.1) is 5.56 Å². The number of benzene rings is 2. The highest BCUT2D eigenvalue weighted by molar-refractivity contribution is 5.91. The van der Waals surface area contributed by atoms with Gasteiger partial charge in [-0.3, -0.25) is 0 Å². The smallest absolute Gasteiger partial charge is 0.343 e. The first kappa shape index (κ1) is 20.0. The fourth-order valence-electron chi connectivity index (χ4n) is 5.10. The Morgan fingerprint density at radius 3 is 2.38 bits per heavy atom. The van der Waals surface area contributed by atoms with E-state index in [0.29, 0.717) is 11.5 Å². The summed E-state index contributed by atoms with van der Waals surface area (Å²) in [6.45, 7) is 2.32. The molecule has 2 fully saturated rings. The number of rotatable bonds is 3. The monoisotopic (exact) mass is 402 g/mol. The Morgan fingerprint density at radius 1 is 0.862 bits per heavy atom. The lowest BCUT2D eigenvalue weighted by Crippen LogP contribution is -2.30. The van der Waals surface area contributed by atoms with E-state index in [1.807, 2.05) is 0 Å². The van der Waals surface area contributed by atoms with Gasteiger partial charge in [-0.15, -0.1) is 0 Å². The zero-order valence-corrected chi connectivity index (χ0v) is 16.5. The molecule has 0 radical (unpaired) electrons. The van der Waals surface area contributed by atoms with Crippen molar-refractivity contribution < 1.29 is 22.7 Å². The van der Waals surface area contributed by atoms with Crippen LogP contribution in [0.4, 0.5) is 13.2 Å². The molecule has 2 saturated carbocycles. The minimum atomic E-state index is -1.11. The summed E-state index contributed by atoms with van der Waals surface area (Å²) in [4.78, 5) is 12.3. The maximum absolute atomic E-state index is 14.8. The van der Waals surface area contributed by atoms with Gasteiger partial charge in [0, 0.05) is 6.07 Å². The van der Waals surface area contributed by atoms with Crippen LogP contribution in [0.25, 0.3) is 0 Å². The van der Waals surface area contributed by atoms with E-state index in [4.69, 9.17) is 4.74 Å². The first-order valence-electron chi connectivity index (χ1n) is 10.4. The first-order valence-corrected chi connectivity index (χ1v) is 10.4. The van der Waals surface area contributed by atoms with Crippen molar-refractivity contribution in [2.75, 3.05) is 0 Å². The van der Waals surface area contributed by atoms with Crippen LogP contribution in [0, 0.1) is 35.2 Å². The van der Waals surface area contributed by atoms with E-state index < -0.39 is 23.4 Å². The molecule has 0 spiro atoms. The van der Waals surface area contributed by atoms with Crippen molar-refractivity contribution >= 4 is 5.97 Å². The minimum Gasteiger partial charge on any atom is -0.423 e. The summed E-state index contributed by atoms with van der Waals surface area (Å²) in [5.41, 5.74) is 0.711. The van der Waals surface area contributed by atoms with Gasteiger partial charge in [0.25, 0.3) is 0 Å². The second kappa shape index (κ2) is 8.21. The summed E-state index contributed by atoms with van der Waals surface area (Å²) in [5.74, 6) is -1.05. The van der Waals surface area contributed by atoms with Crippen LogP contribution in [0.2, 0.25) is 0 Å². The molecule has 0 heterocycles. The molecular formula is C24H25F3O2. The van der Waals surface area contributed by atoms with Crippen molar-refractivity contribution in [3.63, 3.8) is 0 Å². The normalized spacial score (nSPS) is 26.6. The molecule has 0 aromatic heterocycles. The maximum Gasteiger partial charge on any atom is 0.343 e. The van der Waals surface area contributed by atoms with Crippen molar-refractivity contribution in [3.8, 4) is 5.75 Å². The molecule has 29 heavy (non-hydrogen) atoms. The topological polar surface area (TPSA) is 26.3 Å². The highest BCUT2D eigenvalue weighted by atomic mass is 19.2. The van der Waals surface area contributed by atoms with Crippen LogP contribution < -0.4 is 4.74 Å². The molecular weight excluding hydrogens is 377 g/mol. The molecule has 0 N–H and O–H groups in total. The molecule has 2 aromatic rings. The molecule has 2 aliphatic carbocycles. The van der Waals surface area contributed by atoms with Crippen LogP contribution in [-0.2, 0) is 0 Å². The van der Waals surface area contributed by atoms with E-state index >= 15 is 0 Å². The molecule has 5 heteroatoms.